The van der Waals surface area contributed by atoms with E-state index in [1.165, 1.54) is 11.1 Å². The zero-order chi connectivity index (χ0) is 17.8. The minimum Gasteiger partial charge on any atom is -0.347 e. The second-order valence-electron chi connectivity index (χ2n) is 7.42. The van der Waals surface area contributed by atoms with E-state index in [-0.39, 0.29) is 5.41 Å². The van der Waals surface area contributed by atoms with Gasteiger partial charge in [0.2, 0.25) is 0 Å². The fourth-order valence-electron chi connectivity index (χ4n) is 3.49. The molecule has 0 aliphatic carbocycles. The summed E-state index contributed by atoms with van der Waals surface area (Å²) in [4.78, 5) is 4.16. The summed E-state index contributed by atoms with van der Waals surface area (Å²) < 4.78 is 14.9. The maximum absolute atomic E-state index is 6.42. The van der Waals surface area contributed by atoms with Crippen molar-refractivity contribution in [2.75, 3.05) is 13.2 Å². The van der Waals surface area contributed by atoms with E-state index in [1.807, 2.05) is 12.5 Å². The molecule has 0 radical (unpaired) electrons. The number of hydrogen-bond acceptors (Lipinski definition) is 3. The van der Waals surface area contributed by atoms with E-state index in [1.54, 1.807) is 6.20 Å². The van der Waals surface area contributed by atoms with Crippen LogP contribution >= 0.6 is 0 Å². The first-order chi connectivity index (χ1) is 12.1. The van der Waals surface area contributed by atoms with Crippen molar-refractivity contribution in [1.82, 2.24) is 9.55 Å². The van der Waals surface area contributed by atoms with Crippen LogP contribution in [-0.4, -0.2) is 28.6 Å². The van der Waals surface area contributed by atoms with Gasteiger partial charge in [-0.3, -0.25) is 0 Å². The highest BCUT2D eigenvalue weighted by molar-refractivity contribution is 5.22. The monoisotopic (exact) mass is 342 g/mol. The third kappa shape index (κ3) is 4.31. The van der Waals surface area contributed by atoms with Crippen molar-refractivity contribution in [3.8, 4) is 0 Å². The topological polar surface area (TPSA) is 36.3 Å². The summed E-state index contributed by atoms with van der Waals surface area (Å²) in [6.07, 6.45) is 9.58. The maximum Gasteiger partial charge on any atom is 0.186 e. The summed E-state index contributed by atoms with van der Waals surface area (Å²) in [6, 6.07) is 8.68. The van der Waals surface area contributed by atoms with Crippen LogP contribution in [0.25, 0.3) is 0 Å². The molecule has 1 aromatic heterocycles. The maximum atomic E-state index is 6.42. The molecule has 0 saturated carbocycles. The Balaban J connectivity index is 1.73. The van der Waals surface area contributed by atoms with Crippen LogP contribution in [0.15, 0.2) is 43.0 Å². The predicted molar refractivity (Wildman–Crippen MR) is 99.4 cm³/mol. The van der Waals surface area contributed by atoms with Crippen molar-refractivity contribution >= 4 is 0 Å². The molecule has 2 heterocycles. The van der Waals surface area contributed by atoms with E-state index in [2.05, 4.69) is 54.6 Å². The van der Waals surface area contributed by atoms with E-state index in [4.69, 9.17) is 9.47 Å². The molecule has 1 aliphatic rings. The van der Waals surface area contributed by atoms with Gasteiger partial charge >= 0.3 is 0 Å². The molecule has 4 heteroatoms. The van der Waals surface area contributed by atoms with Gasteiger partial charge in [-0.25, -0.2) is 4.98 Å². The van der Waals surface area contributed by atoms with Crippen LogP contribution in [-0.2, 0) is 22.4 Å². The number of rotatable bonds is 7. The summed E-state index contributed by atoms with van der Waals surface area (Å²) >= 11 is 0. The molecule has 3 rings (SSSR count). The molecule has 1 saturated heterocycles. The Morgan fingerprint density at radius 2 is 1.92 bits per heavy atom. The third-order valence-electron chi connectivity index (χ3n) is 5.64. The largest absolute Gasteiger partial charge is 0.347 e. The SMILES string of the molecule is CCC1(CC)COC(CCc2cccc(C)c2)(Cn2ccnc2)OC1. The average molecular weight is 342 g/mol. The second kappa shape index (κ2) is 7.71. The fourth-order valence-corrected chi connectivity index (χ4v) is 3.49. The number of imidazole rings is 1. The van der Waals surface area contributed by atoms with E-state index in [9.17, 15) is 0 Å². The molecular weight excluding hydrogens is 312 g/mol. The summed E-state index contributed by atoms with van der Waals surface area (Å²) in [5.41, 5.74) is 2.78. The van der Waals surface area contributed by atoms with Crippen molar-refractivity contribution in [3.63, 3.8) is 0 Å². The first-order valence-corrected chi connectivity index (χ1v) is 9.38. The van der Waals surface area contributed by atoms with Gasteiger partial charge in [0.25, 0.3) is 0 Å². The summed E-state index contributed by atoms with van der Waals surface area (Å²) in [5.74, 6) is -0.571. The molecular formula is C21H30N2O2. The Bertz CT molecular complexity index is 652. The summed E-state index contributed by atoms with van der Waals surface area (Å²) in [6.45, 7) is 8.81. The standard InChI is InChI=1S/C21H30N2O2/c1-4-20(5-2)15-24-21(25-16-20,14-23-12-11-22-17-23)10-9-19-8-6-7-18(3)13-19/h6-8,11-13,17H,4-5,9-10,14-16H2,1-3H3. The highest BCUT2D eigenvalue weighted by Gasteiger charge is 2.43. The van der Waals surface area contributed by atoms with Gasteiger partial charge in [-0.1, -0.05) is 43.7 Å². The minimum atomic E-state index is -0.571. The first kappa shape index (κ1) is 18.2. The Morgan fingerprint density at radius 3 is 2.52 bits per heavy atom. The van der Waals surface area contributed by atoms with Gasteiger partial charge in [0, 0.05) is 24.2 Å². The van der Waals surface area contributed by atoms with Crippen molar-refractivity contribution in [2.45, 2.75) is 58.8 Å². The molecule has 0 spiro atoms. The van der Waals surface area contributed by atoms with E-state index in [0.29, 0.717) is 6.54 Å². The van der Waals surface area contributed by atoms with E-state index in [0.717, 1.165) is 38.9 Å². The smallest absolute Gasteiger partial charge is 0.186 e. The molecule has 0 bridgehead atoms. The van der Waals surface area contributed by atoms with Gasteiger partial charge < -0.3 is 14.0 Å². The highest BCUT2D eigenvalue weighted by atomic mass is 16.7. The van der Waals surface area contributed by atoms with Gasteiger partial charge in [-0.2, -0.15) is 0 Å². The zero-order valence-corrected chi connectivity index (χ0v) is 15.7. The number of hydrogen-bond donors (Lipinski definition) is 0. The lowest BCUT2D eigenvalue weighted by Gasteiger charge is -2.46. The zero-order valence-electron chi connectivity index (χ0n) is 15.7. The van der Waals surface area contributed by atoms with Crippen molar-refractivity contribution < 1.29 is 9.47 Å². The molecule has 136 valence electrons. The third-order valence-corrected chi connectivity index (χ3v) is 5.64. The molecule has 0 amide bonds. The Morgan fingerprint density at radius 1 is 1.16 bits per heavy atom. The lowest BCUT2D eigenvalue weighted by molar-refractivity contribution is -0.313. The average Bonchev–Trinajstić information content (AvgIpc) is 3.14. The molecule has 0 N–H and O–H groups in total. The lowest BCUT2D eigenvalue weighted by Crippen LogP contribution is -2.51. The van der Waals surface area contributed by atoms with Crippen molar-refractivity contribution in [3.05, 3.63) is 54.1 Å². The molecule has 1 aromatic carbocycles. The van der Waals surface area contributed by atoms with Crippen molar-refractivity contribution in [2.24, 2.45) is 5.41 Å². The molecule has 1 aliphatic heterocycles. The molecule has 1 fully saturated rings. The second-order valence-corrected chi connectivity index (χ2v) is 7.42. The first-order valence-electron chi connectivity index (χ1n) is 9.38. The normalized spacial score (nSPS) is 19.0. The van der Waals surface area contributed by atoms with E-state index < -0.39 is 5.79 Å². The fraction of sp³-hybridized carbons (Fsp3) is 0.571. The Kier molecular flexibility index (Phi) is 5.60. The van der Waals surface area contributed by atoms with Crippen LogP contribution in [0.2, 0.25) is 0 Å². The van der Waals surface area contributed by atoms with Crippen LogP contribution in [0.5, 0.6) is 0 Å². The van der Waals surface area contributed by atoms with Gasteiger partial charge in [0.15, 0.2) is 5.79 Å². The Hall–Kier alpha value is -1.65. The number of aryl methyl sites for hydroxylation is 2. The van der Waals surface area contributed by atoms with Crippen LogP contribution in [0.4, 0.5) is 0 Å². The van der Waals surface area contributed by atoms with Crippen LogP contribution in [0, 0.1) is 12.3 Å². The van der Waals surface area contributed by atoms with Crippen LogP contribution in [0.3, 0.4) is 0 Å². The number of aromatic nitrogens is 2. The van der Waals surface area contributed by atoms with Gasteiger partial charge in [-0.05, 0) is 31.7 Å². The summed E-state index contributed by atoms with van der Waals surface area (Å²) in [5, 5.41) is 0. The highest BCUT2D eigenvalue weighted by Crippen LogP contribution is 2.38. The Labute approximate surface area is 151 Å². The van der Waals surface area contributed by atoms with Gasteiger partial charge in [-0.15, -0.1) is 0 Å². The predicted octanol–water partition coefficient (Wildman–Crippen LogP) is 4.37. The van der Waals surface area contributed by atoms with Crippen molar-refractivity contribution in [1.29, 1.82) is 0 Å². The van der Waals surface area contributed by atoms with Gasteiger partial charge in [0.1, 0.15) is 0 Å². The van der Waals surface area contributed by atoms with E-state index >= 15 is 0 Å². The minimum absolute atomic E-state index is 0.155. The molecule has 4 nitrogen and oxygen atoms in total. The summed E-state index contributed by atoms with van der Waals surface area (Å²) in [7, 11) is 0. The molecule has 0 unspecified atom stereocenters. The number of ether oxygens (including phenoxy) is 2. The molecule has 2 aromatic rings. The van der Waals surface area contributed by atoms with Gasteiger partial charge in [0.05, 0.1) is 26.1 Å². The van der Waals surface area contributed by atoms with Crippen LogP contribution in [0.1, 0.15) is 44.2 Å². The quantitative estimate of drug-likeness (QED) is 0.749. The number of benzene rings is 1. The lowest BCUT2D eigenvalue weighted by atomic mass is 9.83. The molecule has 0 atom stereocenters. The molecule has 25 heavy (non-hydrogen) atoms. The van der Waals surface area contributed by atoms with Crippen LogP contribution < -0.4 is 0 Å². The number of nitrogens with zero attached hydrogens (tertiary/aromatic N) is 2.